The van der Waals surface area contributed by atoms with Crippen LogP contribution in [-0.2, 0) is 23.0 Å². The molecule has 0 saturated carbocycles. The first-order valence-electron chi connectivity index (χ1n) is 8.20. The minimum absolute atomic E-state index is 0.00484. The average molecular weight is 368 g/mol. The number of fused-ring (bicyclic) bond motifs is 1. The number of nitrogens with zero attached hydrogens (tertiary/aromatic N) is 3. The third kappa shape index (κ3) is 3.67. The van der Waals surface area contributed by atoms with Gasteiger partial charge >= 0.3 is 0 Å². The van der Waals surface area contributed by atoms with Crippen molar-refractivity contribution in [2.45, 2.75) is 50.1 Å². The molecule has 0 saturated heterocycles. The summed E-state index contributed by atoms with van der Waals surface area (Å²) in [6.45, 7) is 2.49. The molecule has 0 radical (unpaired) electrons. The van der Waals surface area contributed by atoms with Crippen molar-refractivity contribution in [2.75, 3.05) is 7.11 Å². The Bertz CT molecular complexity index is 866. The Morgan fingerprint density at radius 1 is 1.28 bits per heavy atom. The number of ether oxygens (including phenoxy) is 1. The molecule has 0 amide bonds. The molecular weight excluding hydrogens is 347 g/mol. The van der Waals surface area contributed by atoms with Gasteiger partial charge in [0.1, 0.15) is 5.82 Å². The van der Waals surface area contributed by atoms with Crippen LogP contribution in [0.4, 0.5) is 4.39 Å². The molecule has 2 heterocycles. The topological polar surface area (TPSA) is 86.1 Å². The Labute approximate surface area is 146 Å². The Balaban J connectivity index is 1.83. The molecule has 0 spiro atoms. The van der Waals surface area contributed by atoms with E-state index in [4.69, 9.17) is 4.74 Å². The lowest BCUT2D eigenvalue weighted by Gasteiger charge is -2.16. The highest BCUT2D eigenvalue weighted by molar-refractivity contribution is 7.89. The maximum Gasteiger partial charge on any atom is 0.241 e. The number of nitrogens with one attached hydrogen (secondary N) is 1. The van der Waals surface area contributed by atoms with Crippen LogP contribution in [0, 0.1) is 5.82 Å². The minimum Gasteiger partial charge on any atom is -0.494 e. The Morgan fingerprint density at radius 3 is 2.80 bits per heavy atom. The van der Waals surface area contributed by atoms with Gasteiger partial charge in [0.25, 0.3) is 0 Å². The van der Waals surface area contributed by atoms with Gasteiger partial charge in [-0.05, 0) is 38.0 Å². The fourth-order valence-corrected chi connectivity index (χ4v) is 4.21. The Kier molecular flexibility index (Phi) is 5.05. The van der Waals surface area contributed by atoms with E-state index in [0.717, 1.165) is 44.1 Å². The molecule has 3 rings (SSSR count). The molecule has 1 aliphatic rings. The number of rotatable bonds is 5. The Morgan fingerprint density at radius 2 is 2.08 bits per heavy atom. The number of hydrogen-bond acceptors (Lipinski definition) is 5. The molecule has 136 valence electrons. The van der Waals surface area contributed by atoms with Gasteiger partial charge in [0.05, 0.1) is 18.0 Å². The fraction of sp³-hybridized carbons (Fsp3) is 0.500. The first-order chi connectivity index (χ1) is 11.9. The van der Waals surface area contributed by atoms with Gasteiger partial charge in [-0.25, -0.2) is 17.5 Å². The lowest BCUT2D eigenvalue weighted by Crippen LogP contribution is -2.29. The number of aromatic nitrogens is 3. The molecule has 1 aromatic carbocycles. The van der Waals surface area contributed by atoms with Crippen LogP contribution in [0.25, 0.3) is 0 Å². The van der Waals surface area contributed by atoms with E-state index >= 15 is 0 Å². The van der Waals surface area contributed by atoms with Crippen LogP contribution in [0.2, 0.25) is 0 Å². The van der Waals surface area contributed by atoms with E-state index in [1.54, 1.807) is 6.92 Å². The van der Waals surface area contributed by atoms with E-state index in [9.17, 15) is 12.8 Å². The van der Waals surface area contributed by atoms with E-state index in [2.05, 4.69) is 14.9 Å². The predicted octanol–water partition coefficient (Wildman–Crippen LogP) is 2.19. The van der Waals surface area contributed by atoms with Crippen LogP contribution in [-0.4, -0.2) is 30.3 Å². The lowest BCUT2D eigenvalue weighted by molar-refractivity contribution is 0.385. The van der Waals surface area contributed by atoms with Crippen LogP contribution in [0.1, 0.15) is 43.9 Å². The lowest BCUT2D eigenvalue weighted by atomic mass is 10.2. The first kappa shape index (κ1) is 17.8. The van der Waals surface area contributed by atoms with Gasteiger partial charge in [-0.3, -0.25) is 0 Å². The van der Waals surface area contributed by atoms with Crippen LogP contribution >= 0.6 is 0 Å². The monoisotopic (exact) mass is 368 g/mol. The van der Waals surface area contributed by atoms with E-state index < -0.39 is 21.9 Å². The minimum atomic E-state index is -3.90. The third-order valence-corrected chi connectivity index (χ3v) is 5.83. The number of aryl methyl sites for hydroxylation is 1. The summed E-state index contributed by atoms with van der Waals surface area (Å²) in [6.07, 6.45) is 4.04. The van der Waals surface area contributed by atoms with Gasteiger partial charge in [0.15, 0.2) is 17.4 Å². The number of sulfonamides is 1. The summed E-state index contributed by atoms with van der Waals surface area (Å²) in [5.41, 5.74) is 0. The average Bonchev–Trinajstić information content (AvgIpc) is 2.83. The van der Waals surface area contributed by atoms with Gasteiger partial charge in [-0.2, -0.15) is 0 Å². The SMILES string of the molecule is COc1ccc(S(=O)(=O)N[C@@H](C)c2nnc3n2CCCCC3)cc1F. The van der Waals surface area contributed by atoms with Crippen molar-refractivity contribution in [3.05, 3.63) is 35.7 Å². The summed E-state index contributed by atoms with van der Waals surface area (Å²) in [7, 11) is -2.57. The Hall–Kier alpha value is -2.00. The van der Waals surface area contributed by atoms with Gasteiger partial charge < -0.3 is 9.30 Å². The first-order valence-corrected chi connectivity index (χ1v) is 9.68. The van der Waals surface area contributed by atoms with Crippen molar-refractivity contribution < 1.29 is 17.5 Å². The summed E-state index contributed by atoms with van der Waals surface area (Å²) in [5.74, 6) is 0.729. The molecule has 7 nitrogen and oxygen atoms in total. The fourth-order valence-electron chi connectivity index (χ4n) is 3.00. The highest BCUT2D eigenvalue weighted by Gasteiger charge is 2.25. The van der Waals surface area contributed by atoms with E-state index in [-0.39, 0.29) is 10.6 Å². The molecule has 0 aliphatic carbocycles. The molecule has 2 aromatic rings. The van der Waals surface area contributed by atoms with Crippen LogP contribution in [0.3, 0.4) is 0 Å². The number of halogens is 1. The second kappa shape index (κ2) is 7.09. The van der Waals surface area contributed by atoms with E-state index in [0.29, 0.717) is 5.82 Å². The molecule has 1 aliphatic heterocycles. The maximum absolute atomic E-state index is 13.8. The number of benzene rings is 1. The molecule has 0 unspecified atom stereocenters. The number of hydrogen-bond donors (Lipinski definition) is 1. The van der Waals surface area contributed by atoms with Gasteiger partial charge in [-0.1, -0.05) is 6.42 Å². The van der Waals surface area contributed by atoms with E-state index in [1.807, 2.05) is 4.57 Å². The zero-order valence-electron chi connectivity index (χ0n) is 14.2. The molecule has 1 N–H and O–H groups in total. The molecule has 25 heavy (non-hydrogen) atoms. The normalized spacial score (nSPS) is 16.1. The van der Waals surface area contributed by atoms with Gasteiger partial charge in [0, 0.05) is 13.0 Å². The van der Waals surface area contributed by atoms with E-state index in [1.165, 1.54) is 19.2 Å². The van der Waals surface area contributed by atoms with Crippen molar-refractivity contribution in [3.8, 4) is 5.75 Å². The summed E-state index contributed by atoms with van der Waals surface area (Å²) in [6, 6.07) is 2.96. The van der Waals surface area contributed by atoms with Crippen molar-refractivity contribution in [1.82, 2.24) is 19.5 Å². The summed E-state index contributed by atoms with van der Waals surface area (Å²) < 4.78 is 48.3. The summed E-state index contributed by atoms with van der Waals surface area (Å²) >= 11 is 0. The van der Waals surface area contributed by atoms with Crippen molar-refractivity contribution in [3.63, 3.8) is 0 Å². The van der Waals surface area contributed by atoms with Crippen LogP contribution < -0.4 is 9.46 Å². The van der Waals surface area contributed by atoms with Crippen LogP contribution in [0.5, 0.6) is 5.75 Å². The molecule has 1 atom stereocenters. The highest BCUT2D eigenvalue weighted by atomic mass is 32.2. The second-order valence-electron chi connectivity index (χ2n) is 6.08. The van der Waals surface area contributed by atoms with Crippen molar-refractivity contribution in [1.29, 1.82) is 0 Å². The van der Waals surface area contributed by atoms with Gasteiger partial charge in [0.2, 0.25) is 10.0 Å². The third-order valence-electron chi connectivity index (χ3n) is 4.29. The largest absolute Gasteiger partial charge is 0.494 e. The van der Waals surface area contributed by atoms with Crippen molar-refractivity contribution >= 4 is 10.0 Å². The van der Waals surface area contributed by atoms with Crippen molar-refractivity contribution in [2.24, 2.45) is 0 Å². The highest BCUT2D eigenvalue weighted by Crippen LogP contribution is 2.23. The summed E-state index contributed by atoms with van der Waals surface area (Å²) in [5, 5.41) is 8.33. The van der Waals surface area contributed by atoms with Crippen LogP contribution in [0.15, 0.2) is 23.1 Å². The molecule has 0 fully saturated rings. The zero-order chi connectivity index (χ0) is 18.0. The standard InChI is InChI=1S/C16H21FN4O3S/c1-11(16-19-18-15-6-4-3-5-9-21(15)16)20-25(22,23)12-7-8-14(24-2)13(17)10-12/h7-8,10-11,20H,3-6,9H2,1-2H3/t11-/m0/s1. The molecule has 1 aromatic heterocycles. The zero-order valence-corrected chi connectivity index (χ0v) is 15.0. The van der Waals surface area contributed by atoms with Gasteiger partial charge in [-0.15, -0.1) is 10.2 Å². The molecular formula is C16H21FN4O3S. The second-order valence-corrected chi connectivity index (χ2v) is 7.79. The quantitative estimate of drug-likeness (QED) is 0.874. The summed E-state index contributed by atoms with van der Waals surface area (Å²) in [4.78, 5) is -0.159. The predicted molar refractivity (Wildman–Crippen MR) is 89.3 cm³/mol. The smallest absolute Gasteiger partial charge is 0.241 e. The molecule has 0 bridgehead atoms. The maximum atomic E-state index is 13.8. The number of methoxy groups -OCH3 is 1. The molecule has 9 heteroatoms.